The Morgan fingerprint density at radius 3 is 2.77 bits per heavy atom. The maximum atomic E-state index is 11.0. The van der Waals surface area contributed by atoms with Gasteiger partial charge in [0, 0.05) is 24.8 Å². The summed E-state index contributed by atoms with van der Waals surface area (Å²) in [5, 5.41) is 6.49. The molecule has 1 rings (SSSR count). The highest BCUT2D eigenvalue weighted by Gasteiger charge is 2.07. The van der Waals surface area contributed by atoms with Crippen molar-refractivity contribution < 1.29 is 8.42 Å². The van der Waals surface area contributed by atoms with Crippen LogP contribution in [0.1, 0.15) is 11.3 Å². The molecule has 1 aromatic heterocycles. The van der Waals surface area contributed by atoms with Crippen molar-refractivity contribution in [3.05, 3.63) is 17.5 Å². The molecule has 1 aromatic rings. The van der Waals surface area contributed by atoms with Crippen molar-refractivity contribution in [2.75, 3.05) is 7.05 Å². The Kier molecular flexibility index (Phi) is 3.02. The van der Waals surface area contributed by atoms with Gasteiger partial charge in [-0.1, -0.05) is 0 Å². The van der Waals surface area contributed by atoms with Gasteiger partial charge in [-0.25, -0.2) is 4.72 Å². The molecule has 6 nitrogen and oxygen atoms in total. The molecule has 0 aliphatic rings. The second-order valence-corrected chi connectivity index (χ2v) is 4.25. The zero-order valence-corrected chi connectivity index (χ0v) is 8.27. The average molecular weight is 204 g/mol. The van der Waals surface area contributed by atoms with Crippen LogP contribution in [0.3, 0.4) is 0 Å². The van der Waals surface area contributed by atoms with Gasteiger partial charge in [-0.05, 0) is 6.92 Å². The van der Waals surface area contributed by atoms with Gasteiger partial charge in [0.05, 0.1) is 6.20 Å². The predicted octanol–water partition coefficient (Wildman–Crippen LogP) is -0.728. The standard InChI is InChI=1S/C6H12N4O2S/c1-5-6(3-8-10-5)4-9-13(11,12)7-2/h3,7,9H,4H2,1-2H3,(H,8,10). The van der Waals surface area contributed by atoms with Crippen LogP contribution in [0.4, 0.5) is 0 Å². The summed E-state index contributed by atoms with van der Waals surface area (Å²) in [4.78, 5) is 0. The number of hydrogen-bond donors (Lipinski definition) is 3. The van der Waals surface area contributed by atoms with E-state index in [1.165, 1.54) is 7.05 Å². The van der Waals surface area contributed by atoms with Gasteiger partial charge in [0.25, 0.3) is 10.2 Å². The van der Waals surface area contributed by atoms with E-state index in [0.29, 0.717) is 0 Å². The highest BCUT2D eigenvalue weighted by Crippen LogP contribution is 2.01. The third kappa shape index (κ3) is 2.79. The highest BCUT2D eigenvalue weighted by atomic mass is 32.2. The zero-order chi connectivity index (χ0) is 9.90. The van der Waals surface area contributed by atoms with E-state index in [1.54, 1.807) is 6.20 Å². The first kappa shape index (κ1) is 10.2. The lowest BCUT2D eigenvalue weighted by atomic mass is 10.3. The smallest absolute Gasteiger partial charge is 0.276 e. The second kappa shape index (κ2) is 3.86. The molecule has 74 valence electrons. The van der Waals surface area contributed by atoms with Crippen LogP contribution in [0.2, 0.25) is 0 Å². The molecule has 0 unspecified atom stereocenters. The van der Waals surface area contributed by atoms with Gasteiger partial charge in [0.2, 0.25) is 0 Å². The van der Waals surface area contributed by atoms with Gasteiger partial charge in [-0.15, -0.1) is 0 Å². The van der Waals surface area contributed by atoms with E-state index in [2.05, 4.69) is 19.6 Å². The lowest BCUT2D eigenvalue weighted by Crippen LogP contribution is -2.33. The quantitative estimate of drug-likeness (QED) is 0.604. The van der Waals surface area contributed by atoms with Crippen molar-refractivity contribution in [2.24, 2.45) is 0 Å². The van der Waals surface area contributed by atoms with Crippen LogP contribution in [0.15, 0.2) is 6.20 Å². The molecule has 0 aromatic carbocycles. The summed E-state index contributed by atoms with van der Waals surface area (Å²) < 4.78 is 26.4. The average Bonchev–Trinajstić information content (AvgIpc) is 2.48. The Bertz CT molecular complexity index is 370. The van der Waals surface area contributed by atoms with Crippen molar-refractivity contribution in [2.45, 2.75) is 13.5 Å². The fourth-order valence-electron chi connectivity index (χ4n) is 0.799. The minimum atomic E-state index is -3.35. The van der Waals surface area contributed by atoms with Gasteiger partial charge in [0.1, 0.15) is 0 Å². The van der Waals surface area contributed by atoms with E-state index >= 15 is 0 Å². The monoisotopic (exact) mass is 204 g/mol. The molecule has 0 saturated heterocycles. The third-order valence-corrected chi connectivity index (χ3v) is 2.72. The van der Waals surface area contributed by atoms with Crippen LogP contribution < -0.4 is 9.44 Å². The second-order valence-electron chi connectivity index (χ2n) is 2.55. The van der Waals surface area contributed by atoms with E-state index in [1.807, 2.05) is 6.92 Å². The van der Waals surface area contributed by atoms with Crippen LogP contribution >= 0.6 is 0 Å². The molecule has 13 heavy (non-hydrogen) atoms. The number of rotatable bonds is 4. The summed E-state index contributed by atoms with van der Waals surface area (Å²) in [6, 6.07) is 0. The lowest BCUT2D eigenvalue weighted by molar-refractivity contribution is 0.573. The van der Waals surface area contributed by atoms with Gasteiger partial charge < -0.3 is 0 Å². The first-order valence-electron chi connectivity index (χ1n) is 3.72. The van der Waals surface area contributed by atoms with Crippen molar-refractivity contribution in [1.82, 2.24) is 19.6 Å². The molecule has 3 N–H and O–H groups in total. The number of aryl methyl sites for hydroxylation is 1. The Labute approximate surface area is 76.9 Å². The van der Waals surface area contributed by atoms with Crippen molar-refractivity contribution in [3.8, 4) is 0 Å². The molecule has 0 aliphatic heterocycles. The molecule has 0 atom stereocenters. The number of nitrogens with zero attached hydrogens (tertiary/aromatic N) is 1. The first-order chi connectivity index (χ1) is 6.05. The molecule has 0 spiro atoms. The first-order valence-corrected chi connectivity index (χ1v) is 5.20. The lowest BCUT2D eigenvalue weighted by Gasteiger charge is -2.03. The van der Waals surface area contributed by atoms with Gasteiger partial charge in [0.15, 0.2) is 0 Å². The zero-order valence-electron chi connectivity index (χ0n) is 7.46. The van der Waals surface area contributed by atoms with E-state index in [9.17, 15) is 8.42 Å². The van der Waals surface area contributed by atoms with Crippen LogP contribution in [-0.4, -0.2) is 25.7 Å². The molecule has 0 radical (unpaired) electrons. The Morgan fingerprint density at radius 1 is 1.62 bits per heavy atom. The summed E-state index contributed by atoms with van der Waals surface area (Å²) in [5.41, 5.74) is 1.69. The van der Waals surface area contributed by atoms with E-state index in [4.69, 9.17) is 0 Å². The minimum absolute atomic E-state index is 0.242. The maximum Gasteiger partial charge on any atom is 0.276 e. The van der Waals surface area contributed by atoms with Gasteiger partial charge in [-0.3, -0.25) is 5.10 Å². The number of nitrogens with one attached hydrogen (secondary N) is 3. The number of hydrogen-bond acceptors (Lipinski definition) is 3. The fourth-order valence-corrected chi connectivity index (χ4v) is 1.29. The Hall–Kier alpha value is -0.920. The topological polar surface area (TPSA) is 86.9 Å². The molecule has 1 heterocycles. The molecule has 0 saturated carbocycles. The fraction of sp³-hybridized carbons (Fsp3) is 0.500. The number of aromatic nitrogens is 2. The Balaban J connectivity index is 2.58. The predicted molar refractivity (Wildman–Crippen MR) is 48.1 cm³/mol. The van der Waals surface area contributed by atoms with Crippen LogP contribution in [-0.2, 0) is 16.8 Å². The maximum absolute atomic E-state index is 11.0. The van der Waals surface area contributed by atoms with Crippen molar-refractivity contribution >= 4 is 10.2 Å². The third-order valence-electron chi connectivity index (χ3n) is 1.66. The molecule has 0 amide bonds. The van der Waals surface area contributed by atoms with Crippen molar-refractivity contribution in [1.29, 1.82) is 0 Å². The normalized spacial score (nSPS) is 11.8. The summed E-state index contributed by atoms with van der Waals surface area (Å²) in [5.74, 6) is 0. The van der Waals surface area contributed by atoms with Crippen molar-refractivity contribution in [3.63, 3.8) is 0 Å². The highest BCUT2D eigenvalue weighted by molar-refractivity contribution is 7.87. The van der Waals surface area contributed by atoms with E-state index < -0.39 is 10.2 Å². The van der Waals surface area contributed by atoms with Gasteiger partial charge in [-0.2, -0.15) is 18.2 Å². The van der Waals surface area contributed by atoms with Gasteiger partial charge >= 0.3 is 0 Å². The summed E-state index contributed by atoms with van der Waals surface area (Å²) in [7, 11) is -2.00. The van der Waals surface area contributed by atoms with E-state index in [0.717, 1.165) is 11.3 Å². The van der Waals surface area contributed by atoms with E-state index in [-0.39, 0.29) is 6.54 Å². The molecule has 0 aliphatic carbocycles. The summed E-state index contributed by atoms with van der Waals surface area (Å²) in [6.07, 6.45) is 1.59. The molecule has 0 fully saturated rings. The SMILES string of the molecule is CNS(=O)(=O)NCc1cn[nH]c1C. The molecular weight excluding hydrogens is 192 g/mol. The van der Waals surface area contributed by atoms with Crippen LogP contribution in [0.5, 0.6) is 0 Å². The van der Waals surface area contributed by atoms with Crippen LogP contribution in [0, 0.1) is 6.92 Å². The molecular formula is C6H12N4O2S. The molecule has 0 bridgehead atoms. The molecule has 7 heteroatoms. The number of H-pyrrole nitrogens is 1. The minimum Gasteiger partial charge on any atom is -0.283 e. The number of aromatic amines is 1. The Morgan fingerprint density at radius 2 is 2.31 bits per heavy atom. The largest absolute Gasteiger partial charge is 0.283 e. The summed E-state index contributed by atoms with van der Waals surface area (Å²) in [6.45, 7) is 2.07. The summed E-state index contributed by atoms with van der Waals surface area (Å²) >= 11 is 0. The van der Waals surface area contributed by atoms with Crippen LogP contribution in [0.25, 0.3) is 0 Å².